The molecule has 1 saturated heterocycles. The van der Waals surface area contributed by atoms with E-state index in [1.807, 2.05) is 25.1 Å². The maximum Gasteiger partial charge on any atom is 0.309 e. The molecule has 0 aliphatic carbocycles. The molecule has 0 unspecified atom stereocenters. The van der Waals surface area contributed by atoms with E-state index in [9.17, 15) is 4.79 Å². The first-order chi connectivity index (χ1) is 13.7. The molecule has 1 fully saturated rings. The van der Waals surface area contributed by atoms with Gasteiger partial charge in [0.05, 0.1) is 29.3 Å². The Labute approximate surface area is 170 Å². The van der Waals surface area contributed by atoms with Crippen LogP contribution in [-0.4, -0.2) is 61.1 Å². The third-order valence-electron chi connectivity index (χ3n) is 4.69. The molecular formula is C20H29N5O2S. The Hall–Kier alpha value is -2.35. The fourth-order valence-corrected chi connectivity index (χ4v) is 4.18. The number of thiazole rings is 1. The monoisotopic (exact) mass is 403 g/mol. The van der Waals surface area contributed by atoms with Gasteiger partial charge in [0.1, 0.15) is 0 Å². The lowest BCUT2D eigenvalue weighted by molar-refractivity contribution is -0.149. The number of carbonyl (C=O) groups excluding carboxylic acids is 1. The van der Waals surface area contributed by atoms with Crippen LogP contribution in [0.4, 0.5) is 5.13 Å². The minimum atomic E-state index is -0.0656. The molecule has 1 aromatic carbocycles. The van der Waals surface area contributed by atoms with Crippen LogP contribution in [0.1, 0.15) is 26.7 Å². The number of anilines is 1. The molecule has 0 spiro atoms. The minimum absolute atomic E-state index is 0.0137. The van der Waals surface area contributed by atoms with Crippen molar-refractivity contribution in [2.45, 2.75) is 26.7 Å². The van der Waals surface area contributed by atoms with E-state index in [2.05, 4.69) is 33.5 Å². The number of hydrogen-bond acceptors (Lipinski definition) is 6. The van der Waals surface area contributed by atoms with Crippen LogP contribution in [0.25, 0.3) is 10.2 Å². The molecule has 1 aromatic heterocycles. The number of nitrogens with zero attached hydrogens (tertiary/aromatic N) is 3. The van der Waals surface area contributed by atoms with Gasteiger partial charge < -0.3 is 20.3 Å². The molecule has 2 aromatic rings. The van der Waals surface area contributed by atoms with E-state index in [4.69, 9.17) is 9.73 Å². The summed E-state index contributed by atoms with van der Waals surface area (Å²) in [6.45, 7) is 8.23. The molecule has 1 aliphatic rings. The van der Waals surface area contributed by atoms with Crippen LogP contribution in [-0.2, 0) is 9.53 Å². The molecule has 0 radical (unpaired) electrons. The SMILES string of the molecule is CCNC(=NCCNc1nc2ccccc2s1)N1CCC(C(=O)OCC)CC1. The highest BCUT2D eigenvalue weighted by Crippen LogP contribution is 2.25. The smallest absolute Gasteiger partial charge is 0.309 e. The third kappa shape index (κ3) is 5.34. The van der Waals surface area contributed by atoms with Gasteiger partial charge in [-0.2, -0.15) is 0 Å². The number of piperidine rings is 1. The molecular weight excluding hydrogens is 374 g/mol. The third-order valence-corrected chi connectivity index (χ3v) is 5.69. The van der Waals surface area contributed by atoms with Crippen LogP contribution < -0.4 is 10.6 Å². The second-order valence-electron chi connectivity index (χ2n) is 6.66. The number of likely N-dealkylation sites (tertiary alicyclic amines) is 1. The lowest BCUT2D eigenvalue weighted by Crippen LogP contribution is -2.47. The number of benzene rings is 1. The molecule has 8 heteroatoms. The number of carbonyl (C=O) groups is 1. The van der Waals surface area contributed by atoms with Crippen LogP contribution in [0.2, 0.25) is 0 Å². The predicted octanol–water partition coefficient (Wildman–Crippen LogP) is 2.95. The number of aromatic nitrogens is 1. The highest BCUT2D eigenvalue weighted by Gasteiger charge is 2.27. The first kappa shape index (κ1) is 20.4. The maximum absolute atomic E-state index is 11.9. The van der Waals surface area contributed by atoms with Gasteiger partial charge in [-0.05, 0) is 38.8 Å². The van der Waals surface area contributed by atoms with Gasteiger partial charge in [0.15, 0.2) is 11.1 Å². The van der Waals surface area contributed by atoms with Crippen LogP contribution in [0.3, 0.4) is 0 Å². The average Bonchev–Trinajstić information content (AvgIpc) is 3.13. The Morgan fingerprint density at radius 2 is 2.11 bits per heavy atom. The zero-order chi connectivity index (χ0) is 19.8. The van der Waals surface area contributed by atoms with Crippen molar-refractivity contribution in [3.05, 3.63) is 24.3 Å². The molecule has 0 saturated carbocycles. The largest absolute Gasteiger partial charge is 0.466 e. The Morgan fingerprint density at radius 1 is 1.32 bits per heavy atom. The zero-order valence-corrected chi connectivity index (χ0v) is 17.4. The highest BCUT2D eigenvalue weighted by atomic mass is 32.1. The summed E-state index contributed by atoms with van der Waals surface area (Å²) in [7, 11) is 0. The summed E-state index contributed by atoms with van der Waals surface area (Å²) in [5.41, 5.74) is 1.02. The second kappa shape index (κ2) is 10.3. The summed E-state index contributed by atoms with van der Waals surface area (Å²) >= 11 is 1.66. The summed E-state index contributed by atoms with van der Waals surface area (Å²) in [6.07, 6.45) is 1.63. The fourth-order valence-electron chi connectivity index (χ4n) is 3.29. The van der Waals surface area contributed by atoms with Gasteiger partial charge >= 0.3 is 5.97 Å². The quantitative estimate of drug-likeness (QED) is 0.320. The first-order valence-corrected chi connectivity index (χ1v) is 10.8. The number of ether oxygens (including phenoxy) is 1. The van der Waals surface area contributed by atoms with Crippen molar-refractivity contribution in [3.8, 4) is 0 Å². The Bertz CT molecular complexity index is 766. The number of guanidine groups is 1. The van der Waals surface area contributed by atoms with Crippen LogP contribution in [0.15, 0.2) is 29.3 Å². The van der Waals surface area contributed by atoms with Gasteiger partial charge in [0.2, 0.25) is 0 Å². The van der Waals surface area contributed by atoms with Crippen molar-refractivity contribution in [1.82, 2.24) is 15.2 Å². The minimum Gasteiger partial charge on any atom is -0.466 e. The summed E-state index contributed by atoms with van der Waals surface area (Å²) in [6, 6.07) is 8.14. The number of esters is 1. The lowest BCUT2D eigenvalue weighted by atomic mass is 9.97. The molecule has 0 atom stereocenters. The van der Waals surface area contributed by atoms with Crippen molar-refractivity contribution >= 4 is 38.6 Å². The molecule has 3 rings (SSSR count). The molecule has 7 nitrogen and oxygen atoms in total. The summed E-state index contributed by atoms with van der Waals surface area (Å²) in [4.78, 5) is 23.5. The van der Waals surface area contributed by atoms with E-state index in [-0.39, 0.29) is 11.9 Å². The normalized spacial score (nSPS) is 15.6. The Kier molecular flexibility index (Phi) is 7.47. The van der Waals surface area contributed by atoms with E-state index in [0.717, 1.165) is 55.6 Å². The van der Waals surface area contributed by atoms with Gasteiger partial charge in [-0.1, -0.05) is 23.5 Å². The molecule has 2 heterocycles. The molecule has 2 N–H and O–H groups in total. The van der Waals surface area contributed by atoms with Crippen LogP contribution in [0.5, 0.6) is 0 Å². The fraction of sp³-hybridized carbons (Fsp3) is 0.550. The number of rotatable bonds is 7. The first-order valence-electron chi connectivity index (χ1n) is 10.0. The van der Waals surface area contributed by atoms with Crippen molar-refractivity contribution < 1.29 is 9.53 Å². The van der Waals surface area contributed by atoms with Crippen molar-refractivity contribution in [2.75, 3.05) is 44.6 Å². The van der Waals surface area contributed by atoms with E-state index in [0.29, 0.717) is 13.2 Å². The van der Waals surface area contributed by atoms with Gasteiger partial charge in [-0.3, -0.25) is 9.79 Å². The number of nitrogens with one attached hydrogen (secondary N) is 2. The van der Waals surface area contributed by atoms with E-state index < -0.39 is 0 Å². The van der Waals surface area contributed by atoms with Gasteiger partial charge in [-0.25, -0.2) is 4.98 Å². The molecule has 0 amide bonds. The maximum atomic E-state index is 11.9. The number of hydrogen-bond donors (Lipinski definition) is 2. The number of aliphatic imine (C=N–C) groups is 1. The average molecular weight is 404 g/mol. The predicted molar refractivity (Wildman–Crippen MR) is 115 cm³/mol. The van der Waals surface area contributed by atoms with E-state index in [1.165, 1.54) is 4.70 Å². The number of fused-ring (bicyclic) bond motifs is 1. The van der Waals surface area contributed by atoms with Crippen LogP contribution in [0, 0.1) is 5.92 Å². The number of para-hydroxylation sites is 1. The Balaban J connectivity index is 1.49. The van der Waals surface area contributed by atoms with E-state index in [1.54, 1.807) is 11.3 Å². The van der Waals surface area contributed by atoms with Crippen molar-refractivity contribution in [2.24, 2.45) is 10.9 Å². The molecule has 152 valence electrons. The summed E-state index contributed by atoms with van der Waals surface area (Å²) in [5, 5.41) is 7.65. The zero-order valence-electron chi connectivity index (χ0n) is 16.6. The van der Waals surface area contributed by atoms with Crippen molar-refractivity contribution in [3.63, 3.8) is 0 Å². The van der Waals surface area contributed by atoms with Gasteiger partial charge in [0, 0.05) is 26.2 Å². The highest BCUT2D eigenvalue weighted by molar-refractivity contribution is 7.22. The van der Waals surface area contributed by atoms with Crippen molar-refractivity contribution in [1.29, 1.82) is 0 Å². The van der Waals surface area contributed by atoms with E-state index >= 15 is 0 Å². The summed E-state index contributed by atoms with van der Waals surface area (Å²) in [5.74, 6) is 0.861. The Morgan fingerprint density at radius 3 is 2.82 bits per heavy atom. The second-order valence-corrected chi connectivity index (χ2v) is 7.69. The van der Waals surface area contributed by atoms with Gasteiger partial charge in [0.25, 0.3) is 0 Å². The van der Waals surface area contributed by atoms with Gasteiger partial charge in [-0.15, -0.1) is 0 Å². The van der Waals surface area contributed by atoms with Crippen LogP contribution >= 0.6 is 11.3 Å². The molecule has 28 heavy (non-hydrogen) atoms. The molecule has 1 aliphatic heterocycles. The summed E-state index contributed by atoms with van der Waals surface area (Å²) < 4.78 is 6.34. The molecule has 0 bridgehead atoms. The standard InChI is InChI=1S/C20H29N5O2S/c1-3-21-19(25-13-9-15(10-14-25)18(26)27-4-2)22-11-12-23-20-24-16-7-5-6-8-17(16)28-20/h5-8,15H,3-4,9-14H2,1-2H3,(H,21,22)(H,23,24). The topological polar surface area (TPSA) is 78.9 Å². The lowest BCUT2D eigenvalue weighted by Gasteiger charge is -2.33.